The Hall–Kier alpha value is -2.08. The van der Waals surface area contributed by atoms with Crippen LogP contribution in [0.4, 0.5) is 4.79 Å². The summed E-state index contributed by atoms with van der Waals surface area (Å²) in [6, 6.07) is 9.15. The third-order valence-corrected chi connectivity index (χ3v) is 4.65. The molecule has 2 heterocycles. The van der Waals surface area contributed by atoms with Crippen molar-refractivity contribution in [2.24, 2.45) is 5.92 Å². The minimum absolute atomic E-state index is 0.127. The van der Waals surface area contributed by atoms with Crippen LogP contribution >= 0.6 is 0 Å². The van der Waals surface area contributed by atoms with Gasteiger partial charge in [-0.05, 0) is 18.4 Å². The Morgan fingerprint density at radius 2 is 1.91 bits per heavy atom. The van der Waals surface area contributed by atoms with Gasteiger partial charge in [-0.25, -0.2) is 4.79 Å². The first-order chi connectivity index (χ1) is 11.1. The maximum Gasteiger partial charge on any atom is 0.410 e. The average Bonchev–Trinajstić information content (AvgIpc) is 3.20. The molecule has 0 unspecified atom stereocenters. The number of nitrogens with zero attached hydrogens (tertiary/aromatic N) is 1. The minimum Gasteiger partial charge on any atom is -0.469 e. The van der Waals surface area contributed by atoms with Crippen LogP contribution in [0.1, 0.15) is 18.4 Å². The molecule has 2 saturated heterocycles. The predicted octanol–water partition coefficient (Wildman–Crippen LogP) is 1.97. The van der Waals surface area contributed by atoms with Gasteiger partial charge in [-0.3, -0.25) is 4.79 Å². The lowest BCUT2D eigenvalue weighted by atomic mass is 9.84. The molecular formula is C17H21NO5. The first-order valence-electron chi connectivity index (χ1n) is 7.78. The van der Waals surface area contributed by atoms with Crippen LogP contribution in [0.2, 0.25) is 0 Å². The van der Waals surface area contributed by atoms with Gasteiger partial charge >= 0.3 is 12.1 Å². The van der Waals surface area contributed by atoms with Gasteiger partial charge in [0.2, 0.25) is 0 Å². The van der Waals surface area contributed by atoms with Crippen LogP contribution in [0.3, 0.4) is 0 Å². The standard InChI is InChI=1S/C17H21NO5/c1-18(17(20)22-10-11-6-4-3-5-7-11)15-13-9-8-12(23-13)14(15)16(19)21-2/h3-7,12-15H,8-10H2,1-2H3/t12-,13+,14+,15+/m0/s1. The van der Waals surface area contributed by atoms with Gasteiger partial charge in [0.25, 0.3) is 0 Å². The Morgan fingerprint density at radius 3 is 2.61 bits per heavy atom. The second-order valence-electron chi connectivity index (χ2n) is 5.98. The molecule has 4 atom stereocenters. The molecule has 3 rings (SSSR count). The predicted molar refractivity (Wildman–Crippen MR) is 81.6 cm³/mol. The molecule has 0 N–H and O–H groups in total. The van der Waals surface area contributed by atoms with Crippen molar-refractivity contribution in [2.75, 3.05) is 14.2 Å². The number of likely N-dealkylation sites (N-methyl/N-ethyl adjacent to an activating group) is 1. The van der Waals surface area contributed by atoms with Crippen molar-refractivity contribution in [2.45, 2.75) is 37.7 Å². The highest BCUT2D eigenvalue weighted by Crippen LogP contribution is 2.42. The molecule has 1 aromatic rings. The van der Waals surface area contributed by atoms with Crippen LogP contribution in [-0.2, 0) is 25.6 Å². The van der Waals surface area contributed by atoms with E-state index in [0.717, 1.165) is 18.4 Å². The second-order valence-corrected chi connectivity index (χ2v) is 5.98. The number of carbonyl (C=O) groups excluding carboxylic acids is 2. The van der Waals surface area contributed by atoms with E-state index in [2.05, 4.69) is 0 Å². The fraction of sp³-hybridized carbons (Fsp3) is 0.529. The number of fused-ring (bicyclic) bond motifs is 2. The highest BCUT2D eigenvalue weighted by atomic mass is 16.6. The quantitative estimate of drug-likeness (QED) is 0.794. The molecule has 23 heavy (non-hydrogen) atoms. The summed E-state index contributed by atoms with van der Waals surface area (Å²) in [4.78, 5) is 25.9. The third kappa shape index (κ3) is 3.03. The normalized spacial score (nSPS) is 28.4. The van der Waals surface area contributed by atoms with Crippen LogP contribution in [0.25, 0.3) is 0 Å². The van der Waals surface area contributed by atoms with Crippen LogP contribution < -0.4 is 0 Å². The van der Waals surface area contributed by atoms with Crippen LogP contribution in [0.5, 0.6) is 0 Å². The number of amides is 1. The molecular weight excluding hydrogens is 298 g/mol. The molecule has 2 fully saturated rings. The summed E-state index contributed by atoms with van der Waals surface area (Å²) in [5.74, 6) is -0.766. The van der Waals surface area contributed by atoms with Crippen molar-refractivity contribution in [1.82, 2.24) is 4.90 Å². The van der Waals surface area contributed by atoms with Gasteiger partial charge < -0.3 is 19.1 Å². The first kappa shape index (κ1) is 15.8. The number of benzene rings is 1. The Kier molecular flexibility index (Phi) is 4.52. The summed E-state index contributed by atoms with van der Waals surface area (Å²) in [6.07, 6.45) is 0.927. The average molecular weight is 319 g/mol. The van der Waals surface area contributed by atoms with Gasteiger partial charge in [0.05, 0.1) is 25.4 Å². The van der Waals surface area contributed by atoms with Crippen molar-refractivity contribution in [3.8, 4) is 0 Å². The molecule has 6 nitrogen and oxygen atoms in total. The topological polar surface area (TPSA) is 65.1 Å². The largest absolute Gasteiger partial charge is 0.469 e. The summed E-state index contributed by atoms with van der Waals surface area (Å²) in [7, 11) is 3.01. The maximum absolute atomic E-state index is 12.3. The number of hydrogen-bond acceptors (Lipinski definition) is 5. The summed E-state index contributed by atoms with van der Waals surface area (Å²) in [5.41, 5.74) is 0.919. The zero-order chi connectivity index (χ0) is 16.4. The van der Waals surface area contributed by atoms with Gasteiger partial charge in [0.1, 0.15) is 12.5 Å². The molecule has 2 aliphatic heterocycles. The summed E-state index contributed by atoms with van der Waals surface area (Å²) >= 11 is 0. The third-order valence-electron chi connectivity index (χ3n) is 4.65. The molecule has 0 saturated carbocycles. The van der Waals surface area contributed by atoms with E-state index < -0.39 is 12.0 Å². The molecule has 1 aromatic carbocycles. The summed E-state index contributed by atoms with van der Waals surface area (Å²) in [6.45, 7) is 0.203. The number of hydrogen-bond donors (Lipinski definition) is 0. The molecule has 0 spiro atoms. The van der Waals surface area contributed by atoms with Crippen molar-refractivity contribution in [1.29, 1.82) is 0 Å². The van der Waals surface area contributed by atoms with E-state index in [9.17, 15) is 9.59 Å². The highest BCUT2D eigenvalue weighted by molar-refractivity contribution is 5.76. The fourth-order valence-corrected chi connectivity index (χ4v) is 3.52. The number of ether oxygens (including phenoxy) is 3. The maximum atomic E-state index is 12.3. The lowest BCUT2D eigenvalue weighted by molar-refractivity contribution is -0.148. The first-order valence-corrected chi connectivity index (χ1v) is 7.78. The summed E-state index contributed by atoms with van der Waals surface area (Å²) in [5, 5.41) is 0. The molecule has 0 radical (unpaired) electrons. The SMILES string of the molecule is COC(=O)[C@H]1[C@H](N(C)C(=O)OCc2ccccc2)[C@H]2CC[C@@H]1O2. The molecule has 124 valence electrons. The smallest absolute Gasteiger partial charge is 0.410 e. The Morgan fingerprint density at radius 1 is 1.22 bits per heavy atom. The van der Waals surface area contributed by atoms with Gasteiger partial charge in [0, 0.05) is 7.05 Å². The minimum atomic E-state index is -0.455. The number of carbonyl (C=O) groups is 2. The molecule has 2 aliphatic rings. The highest BCUT2D eigenvalue weighted by Gasteiger charge is 2.55. The van der Waals surface area contributed by atoms with E-state index in [4.69, 9.17) is 14.2 Å². The number of esters is 1. The second kappa shape index (κ2) is 6.58. The summed E-state index contributed by atoms with van der Waals surface area (Å²) < 4.78 is 16.0. The van der Waals surface area contributed by atoms with Crippen LogP contribution in [-0.4, -0.2) is 49.4 Å². The van der Waals surface area contributed by atoms with Crippen molar-refractivity contribution < 1.29 is 23.8 Å². The van der Waals surface area contributed by atoms with Crippen LogP contribution in [0, 0.1) is 5.92 Å². The number of methoxy groups -OCH3 is 1. The van der Waals surface area contributed by atoms with E-state index in [1.165, 1.54) is 12.0 Å². The van der Waals surface area contributed by atoms with Gasteiger partial charge in [0.15, 0.2) is 0 Å². The Bertz CT molecular complexity index is 576. The van der Waals surface area contributed by atoms with E-state index in [1.54, 1.807) is 7.05 Å². The van der Waals surface area contributed by atoms with E-state index >= 15 is 0 Å². The van der Waals surface area contributed by atoms with Gasteiger partial charge in [-0.1, -0.05) is 30.3 Å². The van der Waals surface area contributed by atoms with Gasteiger partial charge in [-0.2, -0.15) is 0 Å². The molecule has 0 aliphatic carbocycles. The van der Waals surface area contributed by atoms with E-state index in [-0.39, 0.29) is 30.8 Å². The van der Waals surface area contributed by atoms with Crippen molar-refractivity contribution >= 4 is 12.1 Å². The molecule has 0 aromatic heterocycles. The van der Waals surface area contributed by atoms with E-state index in [1.807, 2.05) is 30.3 Å². The van der Waals surface area contributed by atoms with Crippen molar-refractivity contribution in [3.63, 3.8) is 0 Å². The van der Waals surface area contributed by atoms with Gasteiger partial charge in [-0.15, -0.1) is 0 Å². The Labute approximate surface area is 135 Å². The van der Waals surface area contributed by atoms with Crippen LogP contribution in [0.15, 0.2) is 30.3 Å². The molecule has 6 heteroatoms. The number of rotatable bonds is 4. The van der Waals surface area contributed by atoms with E-state index in [0.29, 0.717) is 0 Å². The lowest BCUT2D eigenvalue weighted by Crippen LogP contribution is -2.50. The molecule has 1 amide bonds. The van der Waals surface area contributed by atoms with Crippen molar-refractivity contribution in [3.05, 3.63) is 35.9 Å². The zero-order valence-corrected chi connectivity index (χ0v) is 13.3. The Balaban J connectivity index is 1.65. The fourth-order valence-electron chi connectivity index (χ4n) is 3.52. The molecule has 2 bridgehead atoms. The zero-order valence-electron chi connectivity index (χ0n) is 13.3. The lowest BCUT2D eigenvalue weighted by Gasteiger charge is -2.33. The monoisotopic (exact) mass is 319 g/mol.